The molecule has 30 heavy (non-hydrogen) atoms. The van der Waals surface area contributed by atoms with Gasteiger partial charge in [-0.15, -0.1) is 0 Å². The largest absolute Gasteiger partial charge is 0.489 e. The number of carbonyl (C=O) groups excluding carboxylic acids is 1. The topological polar surface area (TPSA) is 62.1 Å². The van der Waals surface area contributed by atoms with Gasteiger partial charge in [-0.3, -0.25) is 4.79 Å². The Morgan fingerprint density at radius 3 is 2.40 bits per heavy atom. The van der Waals surface area contributed by atoms with Gasteiger partial charge in [0.25, 0.3) is 5.91 Å². The minimum absolute atomic E-state index is 0.00240. The highest BCUT2D eigenvalue weighted by Crippen LogP contribution is 2.24. The summed E-state index contributed by atoms with van der Waals surface area (Å²) >= 11 is 12.8. The van der Waals surface area contributed by atoms with Crippen LogP contribution in [0.3, 0.4) is 0 Å². The van der Waals surface area contributed by atoms with Crippen LogP contribution in [0.25, 0.3) is 6.08 Å². The molecule has 150 valence electrons. The zero-order valence-electron chi connectivity index (χ0n) is 15.5. The molecule has 0 aliphatic rings. The van der Waals surface area contributed by atoms with Gasteiger partial charge in [0.05, 0.1) is 0 Å². The molecule has 0 radical (unpaired) electrons. The van der Waals surface area contributed by atoms with Gasteiger partial charge in [0.2, 0.25) is 0 Å². The molecule has 0 unspecified atom stereocenters. The highest BCUT2D eigenvalue weighted by Gasteiger charge is 2.10. The molecule has 0 aliphatic heterocycles. The Hall–Kier alpha value is -2.59. The highest BCUT2D eigenvalue weighted by atomic mass is 79.9. The van der Waals surface area contributed by atoms with E-state index in [9.17, 15) is 10.1 Å². The summed E-state index contributed by atoms with van der Waals surface area (Å²) in [6.07, 6.45) is 1.53. The van der Waals surface area contributed by atoms with Crippen LogP contribution >= 0.6 is 43.5 Å². The van der Waals surface area contributed by atoms with Gasteiger partial charge in [0, 0.05) is 25.2 Å². The Morgan fingerprint density at radius 1 is 1.07 bits per heavy atom. The standard InChI is InChI=1S/C23H15Br2ClN2O2/c24-18-4-3-16(22(25)12-18)14-30-21-9-1-15(2-10-21)11-17(13-27)23(29)28-20-7-5-19(26)6-8-20/h1-12H,14H2,(H,28,29)/b17-11-. The fraction of sp³-hybridized carbons (Fsp3) is 0.0435. The molecule has 7 heteroatoms. The normalized spacial score (nSPS) is 10.9. The summed E-state index contributed by atoms with van der Waals surface area (Å²) < 4.78 is 7.76. The maximum absolute atomic E-state index is 12.3. The monoisotopic (exact) mass is 544 g/mol. The maximum Gasteiger partial charge on any atom is 0.266 e. The van der Waals surface area contributed by atoms with Crippen molar-refractivity contribution < 1.29 is 9.53 Å². The van der Waals surface area contributed by atoms with Crippen molar-refractivity contribution in [2.75, 3.05) is 5.32 Å². The zero-order chi connectivity index (χ0) is 21.5. The van der Waals surface area contributed by atoms with Crippen LogP contribution in [0.1, 0.15) is 11.1 Å². The number of hydrogen-bond donors (Lipinski definition) is 1. The number of halogens is 3. The summed E-state index contributed by atoms with van der Waals surface area (Å²) in [5.41, 5.74) is 2.30. The molecule has 0 aliphatic carbocycles. The van der Waals surface area contributed by atoms with Crippen molar-refractivity contribution in [1.82, 2.24) is 0 Å². The van der Waals surface area contributed by atoms with Crippen molar-refractivity contribution in [3.8, 4) is 11.8 Å². The van der Waals surface area contributed by atoms with E-state index in [0.717, 1.165) is 20.1 Å². The molecule has 0 spiro atoms. The number of anilines is 1. The Morgan fingerprint density at radius 2 is 1.77 bits per heavy atom. The fourth-order valence-corrected chi connectivity index (χ4v) is 3.79. The minimum atomic E-state index is -0.486. The van der Waals surface area contributed by atoms with Gasteiger partial charge in [-0.25, -0.2) is 0 Å². The van der Waals surface area contributed by atoms with Crippen LogP contribution in [0.2, 0.25) is 5.02 Å². The summed E-state index contributed by atoms with van der Waals surface area (Å²) in [6, 6.07) is 21.7. The highest BCUT2D eigenvalue weighted by molar-refractivity contribution is 9.11. The average molecular weight is 547 g/mol. The third-order valence-electron chi connectivity index (χ3n) is 4.07. The lowest BCUT2D eigenvalue weighted by molar-refractivity contribution is -0.112. The first-order valence-corrected chi connectivity index (χ1v) is 10.8. The van der Waals surface area contributed by atoms with Gasteiger partial charge in [0.1, 0.15) is 24.0 Å². The third-order valence-corrected chi connectivity index (χ3v) is 5.55. The van der Waals surface area contributed by atoms with Crippen LogP contribution in [0.5, 0.6) is 5.75 Å². The molecule has 0 atom stereocenters. The Bertz CT molecular complexity index is 1120. The van der Waals surface area contributed by atoms with E-state index in [1.807, 2.05) is 24.3 Å². The molecule has 1 N–H and O–H groups in total. The third kappa shape index (κ3) is 6.20. The van der Waals surface area contributed by atoms with E-state index in [1.54, 1.807) is 48.5 Å². The molecular formula is C23H15Br2ClN2O2. The number of amides is 1. The molecule has 1 amide bonds. The molecule has 0 aromatic heterocycles. The Labute approximate surface area is 196 Å². The molecule has 3 rings (SSSR count). The van der Waals surface area contributed by atoms with Crippen molar-refractivity contribution in [3.63, 3.8) is 0 Å². The van der Waals surface area contributed by atoms with Gasteiger partial charge in [0.15, 0.2) is 0 Å². The fourth-order valence-electron chi connectivity index (χ4n) is 2.51. The number of nitriles is 1. The number of nitrogens with zero attached hydrogens (tertiary/aromatic N) is 1. The lowest BCUT2D eigenvalue weighted by Crippen LogP contribution is -2.13. The average Bonchev–Trinajstić information content (AvgIpc) is 2.74. The van der Waals surface area contributed by atoms with Gasteiger partial charge in [-0.05, 0) is 60.2 Å². The van der Waals surface area contributed by atoms with Crippen molar-refractivity contribution in [2.45, 2.75) is 6.61 Å². The second kappa shape index (κ2) is 10.4. The van der Waals surface area contributed by atoms with Crippen molar-refractivity contribution in [2.24, 2.45) is 0 Å². The number of benzene rings is 3. The second-order valence-electron chi connectivity index (χ2n) is 6.22. The Kier molecular flexibility index (Phi) is 7.69. The van der Waals surface area contributed by atoms with Gasteiger partial charge in [-0.2, -0.15) is 5.26 Å². The molecule has 0 bridgehead atoms. The smallest absolute Gasteiger partial charge is 0.266 e. The molecule has 0 fully saturated rings. The van der Waals surface area contributed by atoms with Crippen molar-refractivity contribution in [3.05, 3.63) is 97.4 Å². The lowest BCUT2D eigenvalue weighted by atomic mass is 10.1. The molecule has 4 nitrogen and oxygen atoms in total. The van der Waals surface area contributed by atoms with Crippen LogP contribution in [0.15, 0.2) is 81.2 Å². The quantitative estimate of drug-likeness (QED) is 0.268. The minimum Gasteiger partial charge on any atom is -0.489 e. The first-order chi connectivity index (χ1) is 14.4. The number of nitrogens with one attached hydrogen (secondary N) is 1. The predicted octanol–water partition coefficient (Wildman–Crippen LogP) is 6.99. The van der Waals surface area contributed by atoms with E-state index in [2.05, 4.69) is 37.2 Å². The summed E-state index contributed by atoms with van der Waals surface area (Å²) in [4.78, 5) is 12.3. The van der Waals surface area contributed by atoms with Gasteiger partial charge >= 0.3 is 0 Å². The first kappa shape index (κ1) is 22.1. The van der Waals surface area contributed by atoms with E-state index >= 15 is 0 Å². The molecule has 0 heterocycles. The number of ether oxygens (including phenoxy) is 1. The summed E-state index contributed by atoms with van der Waals surface area (Å²) in [7, 11) is 0. The second-order valence-corrected chi connectivity index (χ2v) is 8.43. The first-order valence-electron chi connectivity index (χ1n) is 8.80. The van der Waals surface area contributed by atoms with E-state index in [1.165, 1.54) is 6.08 Å². The maximum atomic E-state index is 12.3. The van der Waals surface area contributed by atoms with Crippen molar-refractivity contribution >= 4 is 61.1 Å². The summed E-state index contributed by atoms with van der Waals surface area (Å²) in [6.45, 7) is 0.413. The van der Waals surface area contributed by atoms with Gasteiger partial charge in [-0.1, -0.05) is 61.7 Å². The van der Waals surface area contributed by atoms with E-state index in [-0.39, 0.29) is 5.57 Å². The van der Waals surface area contributed by atoms with Crippen LogP contribution in [-0.4, -0.2) is 5.91 Å². The SMILES string of the molecule is N#C/C(=C/c1ccc(OCc2ccc(Br)cc2Br)cc1)C(=O)Nc1ccc(Cl)cc1. The molecular weight excluding hydrogens is 532 g/mol. The van der Waals surface area contributed by atoms with Crippen LogP contribution in [0, 0.1) is 11.3 Å². The summed E-state index contributed by atoms with van der Waals surface area (Å²) in [5.74, 6) is 0.200. The lowest BCUT2D eigenvalue weighted by Gasteiger charge is -2.09. The number of carbonyl (C=O) groups is 1. The van der Waals surface area contributed by atoms with Crippen LogP contribution in [0.4, 0.5) is 5.69 Å². The van der Waals surface area contributed by atoms with Crippen molar-refractivity contribution in [1.29, 1.82) is 5.26 Å². The number of hydrogen-bond acceptors (Lipinski definition) is 3. The van der Waals surface area contributed by atoms with Gasteiger partial charge < -0.3 is 10.1 Å². The molecule has 3 aromatic carbocycles. The Balaban J connectivity index is 1.65. The van der Waals surface area contributed by atoms with Crippen LogP contribution in [-0.2, 0) is 11.4 Å². The molecule has 3 aromatic rings. The van der Waals surface area contributed by atoms with E-state index < -0.39 is 5.91 Å². The van der Waals surface area contributed by atoms with E-state index in [4.69, 9.17) is 16.3 Å². The van der Waals surface area contributed by atoms with E-state index in [0.29, 0.717) is 23.1 Å². The molecule has 0 saturated carbocycles. The number of rotatable bonds is 6. The molecule has 0 saturated heterocycles. The zero-order valence-corrected chi connectivity index (χ0v) is 19.5. The predicted molar refractivity (Wildman–Crippen MR) is 126 cm³/mol. The summed E-state index contributed by atoms with van der Waals surface area (Å²) in [5, 5.41) is 12.6. The van der Waals surface area contributed by atoms with Crippen LogP contribution < -0.4 is 10.1 Å².